The van der Waals surface area contributed by atoms with Crippen LogP contribution in [0.1, 0.15) is 51.0 Å². The van der Waals surface area contributed by atoms with Gasteiger partial charge in [0.2, 0.25) is 5.88 Å². The number of rotatable bonds is 6. The molecule has 7 heterocycles. The van der Waals surface area contributed by atoms with E-state index in [1.54, 1.807) is 12.1 Å². The zero-order valence-corrected chi connectivity index (χ0v) is 26.3. The van der Waals surface area contributed by atoms with Crippen LogP contribution < -0.4 is 19.7 Å². The first-order valence-electron chi connectivity index (χ1n) is 16.9. The third-order valence-corrected chi connectivity index (χ3v) is 11.4. The molecular weight excluding hydrogens is 606 g/mol. The molecule has 246 valence electrons. The molecule has 4 fully saturated rings. The second-order valence-electron chi connectivity index (χ2n) is 13.9. The average molecular weight is 645 g/mol. The first-order valence-corrected chi connectivity index (χ1v) is 16.9. The number of hydrogen-bond acceptors (Lipinski definition) is 10. The minimum absolute atomic E-state index is 0.0166. The highest BCUT2D eigenvalue weighted by atomic mass is 19.1. The zero-order valence-electron chi connectivity index (χ0n) is 26.3. The van der Waals surface area contributed by atoms with Crippen molar-refractivity contribution in [3.63, 3.8) is 0 Å². The minimum atomic E-state index is -0.711. The van der Waals surface area contributed by atoms with E-state index in [0.29, 0.717) is 53.7 Å². The summed E-state index contributed by atoms with van der Waals surface area (Å²) in [6.07, 6.45) is 6.19. The lowest BCUT2D eigenvalue weighted by Gasteiger charge is -2.40. The van der Waals surface area contributed by atoms with Crippen LogP contribution in [0.3, 0.4) is 0 Å². The fourth-order valence-corrected chi connectivity index (χ4v) is 9.20. The van der Waals surface area contributed by atoms with Crippen LogP contribution in [0.5, 0.6) is 17.6 Å². The molecule has 0 aliphatic carbocycles. The number of aliphatic hydroxyl groups excluding tert-OH is 1. The molecule has 5 atom stereocenters. The molecule has 2 bridgehead atoms. The Labute approximate surface area is 270 Å². The number of pyridine rings is 1. The average Bonchev–Trinajstić information content (AvgIpc) is 3.74. The number of hydrogen-bond donors (Lipinski definition) is 3. The van der Waals surface area contributed by atoms with Crippen molar-refractivity contribution in [1.29, 1.82) is 0 Å². The Morgan fingerprint density at radius 1 is 1.11 bits per heavy atom. The molecule has 5 aliphatic heterocycles. The third-order valence-electron chi connectivity index (χ3n) is 11.4. The van der Waals surface area contributed by atoms with E-state index in [-0.39, 0.29) is 70.7 Å². The second kappa shape index (κ2) is 10.8. The molecule has 0 radical (unpaired) electrons. The Kier molecular flexibility index (Phi) is 6.75. The number of nitrogens with zero attached hydrogens (tertiary/aromatic N) is 5. The molecule has 0 amide bonds. The van der Waals surface area contributed by atoms with Gasteiger partial charge in [0.25, 0.3) is 0 Å². The van der Waals surface area contributed by atoms with E-state index >= 15 is 8.78 Å². The summed E-state index contributed by atoms with van der Waals surface area (Å²) in [5, 5.41) is 25.8. The van der Waals surface area contributed by atoms with Gasteiger partial charge in [-0.2, -0.15) is 9.97 Å². The van der Waals surface area contributed by atoms with Crippen molar-refractivity contribution in [2.24, 2.45) is 0 Å². The summed E-state index contributed by atoms with van der Waals surface area (Å²) in [6.45, 7) is 4.21. The normalized spacial score (nSPS) is 28.0. The van der Waals surface area contributed by atoms with E-state index in [1.807, 2.05) is 6.92 Å². The van der Waals surface area contributed by atoms with Gasteiger partial charge in [-0.1, -0.05) is 13.0 Å². The first-order chi connectivity index (χ1) is 22.9. The zero-order chi connectivity index (χ0) is 32.0. The quantitative estimate of drug-likeness (QED) is 0.278. The molecule has 3 N–H and O–H groups in total. The Balaban J connectivity index is 1.23. The maximum absolute atomic E-state index is 17.1. The van der Waals surface area contributed by atoms with Gasteiger partial charge >= 0.3 is 6.01 Å². The molecule has 0 saturated carbocycles. The highest BCUT2D eigenvalue weighted by Gasteiger charge is 2.50. The van der Waals surface area contributed by atoms with Crippen LogP contribution in [0.4, 0.5) is 14.6 Å². The van der Waals surface area contributed by atoms with Crippen LogP contribution >= 0.6 is 0 Å². The molecule has 10 nitrogen and oxygen atoms in total. The van der Waals surface area contributed by atoms with Gasteiger partial charge in [0.15, 0.2) is 5.82 Å². The number of ether oxygens (including phenoxy) is 2. The van der Waals surface area contributed by atoms with E-state index in [1.165, 1.54) is 12.1 Å². The molecule has 47 heavy (non-hydrogen) atoms. The number of anilines is 1. The Morgan fingerprint density at radius 3 is 2.85 bits per heavy atom. The van der Waals surface area contributed by atoms with Gasteiger partial charge < -0.3 is 29.9 Å². The van der Waals surface area contributed by atoms with Crippen molar-refractivity contribution in [3.05, 3.63) is 41.5 Å². The summed E-state index contributed by atoms with van der Waals surface area (Å²) in [7, 11) is 0. The Morgan fingerprint density at radius 2 is 2.00 bits per heavy atom. The minimum Gasteiger partial charge on any atom is -0.508 e. The number of aryl methyl sites for hydroxylation is 1. The smallest absolute Gasteiger partial charge is 0.319 e. The van der Waals surface area contributed by atoms with Crippen molar-refractivity contribution < 1.29 is 28.5 Å². The van der Waals surface area contributed by atoms with Crippen LogP contribution in [-0.4, -0.2) is 92.7 Å². The number of aromatic nitrogens is 3. The molecule has 12 heteroatoms. The maximum Gasteiger partial charge on any atom is 0.319 e. The number of piperazine rings is 1. The van der Waals surface area contributed by atoms with Crippen molar-refractivity contribution in [3.8, 4) is 28.9 Å². The van der Waals surface area contributed by atoms with E-state index in [9.17, 15) is 10.2 Å². The van der Waals surface area contributed by atoms with Crippen LogP contribution in [0, 0.1) is 11.6 Å². The molecule has 0 spiro atoms. The lowest BCUT2D eigenvalue weighted by molar-refractivity contribution is 0.0644. The van der Waals surface area contributed by atoms with Crippen molar-refractivity contribution >= 4 is 27.5 Å². The standard InChI is InChI=1S/C35H38F2N6O4/c1-2-22-24(36)6-4-18-12-21(45)13-23(27(18)22)30-29(37)31-28-32(42-14-19-5-7-25(38-19)26(42)16-46-33(28)39-30)41-34(40-31)47-17-35-9-3-11-43(35)20(15-44)8-10-35/h4,6,12-13,19-20,25-26,38,44-45H,2-3,5,7-11,14-17H2,1H3/t19-,20-,25+,26+,35-/m1/s1. The molecule has 2 aromatic heterocycles. The van der Waals surface area contributed by atoms with Gasteiger partial charge in [0.05, 0.1) is 18.2 Å². The third kappa shape index (κ3) is 4.40. The fraction of sp³-hybridized carbons (Fsp3) is 0.514. The van der Waals surface area contributed by atoms with E-state index in [4.69, 9.17) is 24.4 Å². The first kappa shape index (κ1) is 29.3. The maximum atomic E-state index is 17.1. The molecule has 9 rings (SSSR count). The molecular formula is C35H38F2N6O4. The monoisotopic (exact) mass is 644 g/mol. The summed E-state index contributed by atoms with van der Waals surface area (Å²) in [5.74, 6) is -0.453. The Bertz CT molecular complexity index is 1930. The Hall–Kier alpha value is -3.87. The number of nitrogens with one attached hydrogen (secondary N) is 1. The largest absolute Gasteiger partial charge is 0.508 e. The van der Waals surface area contributed by atoms with Crippen molar-refractivity contribution in [2.75, 3.05) is 37.8 Å². The molecule has 4 saturated heterocycles. The van der Waals surface area contributed by atoms with E-state index < -0.39 is 11.6 Å². The van der Waals surface area contributed by atoms with Crippen LogP contribution in [0.2, 0.25) is 0 Å². The van der Waals surface area contributed by atoms with Crippen LogP contribution in [-0.2, 0) is 6.42 Å². The van der Waals surface area contributed by atoms with Gasteiger partial charge in [-0.25, -0.2) is 13.8 Å². The van der Waals surface area contributed by atoms with E-state index in [2.05, 4.69) is 15.1 Å². The molecule has 0 unspecified atom stereocenters. The molecule has 2 aromatic carbocycles. The summed E-state index contributed by atoms with van der Waals surface area (Å²) in [5.41, 5.74) is 0.403. The number of phenolic OH excluding ortho intramolecular Hbond substituents is 1. The number of aliphatic hydroxyl groups is 1. The number of aromatic hydroxyl groups is 1. The molecule has 5 aliphatic rings. The number of fused-ring (bicyclic) bond motifs is 7. The summed E-state index contributed by atoms with van der Waals surface area (Å²) in [4.78, 5) is 19.0. The van der Waals surface area contributed by atoms with Crippen LogP contribution in [0.15, 0.2) is 24.3 Å². The summed E-state index contributed by atoms with van der Waals surface area (Å²) < 4.78 is 45.1. The van der Waals surface area contributed by atoms with Crippen molar-refractivity contribution in [1.82, 2.24) is 25.2 Å². The second-order valence-corrected chi connectivity index (χ2v) is 13.9. The van der Waals surface area contributed by atoms with Crippen molar-refractivity contribution in [2.45, 2.75) is 81.6 Å². The molecule has 4 aromatic rings. The highest BCUT2D eigenvalue weighted by Crippen LogP contribution is 2.46. The van der Waals surface area contributed by atoms with Gasteiger partial charge in [-0.05, 0) is 86.0 Å². The fourth-order valence-electron chi connectivity index (χ4n) is 9.20. The van der Waals surface area contributed by atoms with Gasteiger partial charge in [0, 0.05) is 30.2 Å². The highest BCUT2D eigenvalue weighted by molar-refractivity contribution is 6.03. The van der Waals surface area contributed by atoms with Gasteiger partial charge in [0.1, 0.15) is 47.2 Å². The number of halogens is 2. The van der Waals surface area contributed by atoms with Gasteiger partial charge in [-0.15, -0.1) is 0 Å². The predicted molar refractivity (Wildman–Crippen MR) is 172 cm³/mol. The SMILES string of the molecule is CCc1c(F)ccc2cc(O)cc(-c3nc4c5c(nc(OC[C@]67CCCN6[C@@H](CO)CC7)nc5c3F)N3C[C@H]5CC[C@H](N5)[C@@H]3CO4)c12. The van der Waals surface area contributed by atoms with Crippen LogP contribution in [0.25, 0.3) is 32.9 Å². The summed E-state index contributed by atoms with van der Waals surface area (Å²) in [6, 6.07) is 6.54. The topological polar surface area (TPSA) is 116 Å². The number of benzene rings is 2. The summed E-state index contributed by atoms with van der Waals surface area (Å²) >= 11 is 0. The lowest BCUT2D eigenvalue weighted by atomic mass is 9.94. The lowest BCUT2D eigenvalue weighted by Crippen LogP contribution is -2.60. The predicted octanol–water partition coefficient (Wildman–Crippen LogP) is 4.46. The van der Waals surface area contributed by atoms with E-state index in [0.717, 1.165) is 45.1 Å². The number of phenols is 1. The van der Waals surface area contributed by atoms with Gasteiger partial charge in [-0.3, -0.25) is 4.90 Å².